The van der Waals surface area contributed by atoms with Crippen molar-refractivity contribution < 1.29 is 9.35 Å². The second-order valence-electron chi connectivity index (χ2n) is 6.50. The van der Waals surface area contributed by atoms with Gasteiger partial charge in [-0.05, 0) is 48.9 Å². The Bertz CT molecular complexity index is 659. The van der Waals surface area contributed by atoms with Crippen molar-refractivity contribution in [3.63, 3.8) is 0 Å². The van der Waals surface area contributed by atoms with E-state index in [1.165, 1.54) is 11.1 Å². The van der Waals surface area contributed by atoms with Crippen LogP contribution in [0, 0.1) is 0 Å². The van der Waals surface area contributed by atoms with Crippen LogP contribution in [0.4, 0.5) is 0 Å². The third-order valence-corrected chi connectivity index (χ3v) is 5.47. The van der Waals surface area contributed by atoms with Crippen LogP contribution in [0.2, 0.25) is 0 Å². The zero-order valence-electron chi connectivity index (χ0n) is 15.6. The molecule has 0 saturated heterocycles. The Morgan fingerprint density at radius 1 is 0.962 bits per heavy atom. The quantitative estimate of drug-likeness (QED) is 0.514. The second kappa shape index (κ2) is 11.0. The average molecular weight is 373 g/mol. The number of carbonyl (C=O) groups excluding carboxylic acids is 1. The van der Waals surface area contributed by atoms with Gasteiger partial charge in [0.25, 0.3) is 0 Å². The van der Waals surface area contributed by atoms with Gasteiger partial charge in [0, 0.05) is 27.1 Å². The molecular weight excluding hydrogens is 344 g/mol. The summed E-state index contributed by atoms with van der Waals surface area (Å²) >= 11 is -1.11. The summed E-state index contributed by atoms with van der Waals surface area (Å²) in [6.07, 6.45) is 4.16. The standard InChI is InChI=1S/C21H28N2O2S/c1-23(2)26(25)20-15-13-19(14-16-20)10-6-12-21(24)22-17-7-11-18-8-4-3-5-9-18/h3-5,8-9,13-16H,6-7,10-12,17H2,1-2H3,(H,22,24). The highest BCUT2D eigenvalue weighted by molar-refractivity contribution is 7.89. The number of nitrogens with one attached hydrogen (secondary N) is 1. The molecule has 0 fully saturated rings. The molecule has 5 heteroatoms. The van der Waals surface area contributed by atoms with Gasteiger partial charge in [0.2, 0.25) is 5.91 Å². The highest BCUT2D eigenvalue weighted by Crippen LogP contribution is 2.15. The molecule has 2 aromatic rings. The molecule has 0 aromatic heterocycles. The Morgan fingerprint density at radius 2 is 1.58 bits per heavy atom. The van der Waals surface area contributed by atoms with Crippen LogP contribution in [-0.2, 0) is 29.0 Å². The minimum Gasteiger partial charge on any atom is -0.593 e. The lowest BCUT2D eigenvalue weighted by Gasteiger charge is -2.15. The van der Waals surface area contributed by atoms with Gasteiger partial charge in [0.05, 0.1) is 11.4 Å². The van der Waals surface area contributed by atoms with E-state index in [-0.39, 0.29) is 5.91 Å². The van der Waals surface area contributed by atoms with Crippen LogP contribution in [0.1, 0.15) is 30.4 Å². The molecule has 0 radical (unpaired) electrons. The van der Waals surface area contributed by atoms with Crippen LogP contribution in [-0.4, -0.2) is 35.4 Å². The maximum Gasteiger partial charge on any atom is 0.220 e. The maximum absolute atomic E-state index is 12.0. The van der Waals surface area contributed by atoms with Gasteiger partial charge in [-0.1, -0.05) is 42.5 Å². The van der Waals surface area contributed by atoms with E-state index in [4.69, 9.17) is 0 Å². The average Bonchev–Trinajstić information content (AvgIpc) is 2.66. The zero-order valence-corrected chi connectivity index (χ0v) is 16.4. The van der Waals surface area contributed by atoms with Crippen LogP contribution >= 0.6 is 0 Å². The van der Waals surface area contributed by atoms with Crippen LogP contribution < -0.4 is 5.32 Å². The van der Waals surface area contributed by atoms with E-state index in [1.807, 2.05) is 42.5 Å². The Labute approximate surface area is 159 Å². The number of benzene rings is 2. The molecule has 26 heavy (non-hydrogen) atoms. The van der Waals surface area contributed by atoms with Gasteiger partial charge in [0.15, 0.2) is 4.90 Å². The largest absolute Gasteiger partial charge is 0.593 e. The van der Waals surface area contributed by atoms with Gasteiger partial charge < -0.3 is 9.87 Å². The van der Waals surface area contributed by atoms with Gasteiger partial charge in [0.1, 0.15) is 0 Å². The lowest BCUT2D eigenvalue weighted by Crippen LogP contribution is -2.24. The van der Waals surface area contributed by atoms with Crippen molar-refractivity contribution in [2.75, 3.05) is 20.6 Å². The first-order valence-corrected chi connectivity index (χ1v) is 10.2. The van der Waals surface area contributed by atoms with Crippen molar-refractivity contribution in [3.8, 4) is 0 Å². The lowest BCUT2D eigenvalue weighted by molar-refractivity contribution is -0.121. The summed E-state index contributed by atoms with van der Waals surface area (Å²) in [5.74, 6) is 0.114. The molecule has 1 unspecified atom stereocenters. The normalized spacial score (nSPS) is 12.2. The zero-order chi connectivity index (χ0) is 18.8. The highest BCUT2D eigenvalue weighted by Gasteiger charge is 2.13. The summed E-state index contributed by atoms with van der Waals surface area (Å²) in [5.41, 5.74) is 2.47. The molecule has 0 bridgehead atoms. The van der Waals surface area contributed by atoms with Crippen molar-refractivity contribution >= 4 is 17.3 Å². The van der Waals surface area contributed by atoms with Gasteiger partial charge in [-0.3, -0.25) is 4.79 Å². The molecule has 0 heterocycles. The fourth-order valence-electron chi connectivity index (χ4n) is 2.69. The predicted octanol–water partition coefficient (Wildman–Crippen LogP) is 3.34. The predicted molar refractivity (Wildman–Crippen MR) is 107 cm³/mol. The van der Waals surface area contributed by atoms with Crippen molar-refractivity contribution in [1.82, 2.24) is 9.62 Å². The van der Waals surface area contributed by atoms with E-state index in [0.717, 1.165) is 37.1 Å². The molecule has 1 N–H and O–H groups in total. The molecule has 0 saturated carbocycles. The van der Waals surface area contributed by atoms with Crippen LogP contribution in [0.3, 0.4) is 0 Å². The number of nitrogens with zero attached hydrogens (tertiary/aromatic N) is 1. The van der Waals surface area contributed by atoms with E-state index in [1.54, 1.807) is 18.4 Å². The molecule has 0 aliphatic carbocycles. The number of hydrogen-bond donors (Lipinski definition) is 1. The molecule has 1 amide bonds. The minimum absolute atomic E-state index is 0.114. The summed E-state index contributed by atoms with van der Waals surface area (Å²) in [7, 11) is 3.59. The Morgan fingerprint density at radius 3 is 2.23 bits per heavy atom. The van der Waals surface area contributed by atoms with Crippen LogP contribution in [0.15, 0.2) is 59.5 Å². The molecule has 1 atom stereocenters. The second-order valence-corrected chi connectivity index (χ2v) is 8.20. The molecule has 0 aliphatic heterocycles. The Hall–Kier alpha value is -1.82. The molecule has 4 nitrogen and oxygen atoms in total. The third-order valence-electron chi connectivity index (χ3n) is 4.13. The van der Waals surface area contributed by atoms with E-state index < -0.39 is 11.4 Å². The summed E-state index contributed by atoms with van der Waals surface area (Å²) < 4.78 is 13.6. The van der Waals surface area contributed by atoms with Crippen molar-refractivity contribution in [3.05, 3.63) is 65.7 Å². The maximum atomic E-state index is 12.0. The molecule has 2 rings (SSSR count). The third kappa shape index (κ3) is 7.20. The SMILES string of the molecule is CN(C)[S+]([O-])c1ccc(CCCC(=O)NCCCc2ccccc2)cc1. The first-order chi connectivity index (χ1) is 12.6. The Balaban J connectivity index is 1.60. The van der Waals surface area contributed by atoms with E-state index >= 15 is 0 Å². The van der Waals surface area contributed by atoms with Gasteiger partial charge in [-0.2, -0.15) is 0 Å². The Kier molecular flexibility index (Phi) is 8.68. The van der Waals surface area contributed by atoms with E-state index in [0.29, 0.717) is 6.42 Å². The molecule has 2 aromatic carbocycles. The molecule has 0 aliphatic rings. The number of carbonyl (C=O) groups is 1. The number of aryl methyl sites for hydroxylation is 2. The number of rotatable bonds is 10. The minimum atomic E-state index is -1.11. The summed E-state index contributed by atoms with van der Waals surface area (Å²) in [6, 6.07) is 18.1. The van der Waals surface area contributed by atoms with Gasteiger partial charge in [-0.15, -0.1) is 4.31 Å². The van der Waals surface area contributed by atoms with Crippen molar-refractivity contribution in [2.24, 2.45) is 0 Å². The topological polar surface area (TPSA) is 55.4 Å². The monoisotopic (exact) mass is 372 g/mol. The lowest BCUT2D eigenvalue weighted by atomic mass is 10.1. The van der Waals surface area contributed by atoms with Gasteiger partial charge in [-0.25, -0.2) is 0 Å². The van der Waals surface area contributed by atoms with Crippen LogP contribution in [0.5, 0.6) is 0 Å². The first kappa shape index (κ1) is 20.5. The van der Waals surface area contributed by atoms with Gasteiger partial charge >= 0.3 is 0 Å². The summed E-state index contributed by atoms with van der Waals surface area (Å²) in [4.78, 5) is 12.7. The van der Waals surface area contributed by atoms with Crippen molar-refractivity contribution in [1.29, 1.82) is 0 Å². The first-order valence-electron chi connectivity index (χ1n) is 9.05. The smallest absolute Gasteiger partial charge is 0.220 e. The fraction of sp³-hybridized carbons (Fsp3) is 0.381. The van der Waals surface area contributed by atoms with Crippen molar-refractivity contribution in [2.45, 2.75) is 37.0 Å². The number of amides is 1. The number of hydrogen-bond acceptors (Lipinski definition) is 3. The summed E-state index contributed by atoms with van der Waals surface area (Å²) in [5, 5.41) is 2.99. The summed E-state index contributed by atoms with van der Waals surface area (Å²) in [6.45, 7) is 0.721. The van der Waals surface area contributed by atoms with E-state index in [2.05, 4.69) is 17.4 Å². The fourth-order valence-corrected chi connectivity index (χ4v) is 3.48. The molecule has 0 spiro atoms. The van der Waals surface area contributed by atoms with Crippen LogP contribution in [0.25, 0.3) is 0 Å². The van der Waals surface area contributed by atoms with E-state index in [9.17, 15) is 9.35 Å². The highest BCUT2D eigenvalue weighted by atomic mass is 32.2. The molecular formula is C21H28N2O2S. The molecule has 140 valence electrons.